The molecule has 3 aromatic rings. The molecule has 3 rings (SSSR count). The monoisotopic (exact) mass is 337 g/mol. The number of hydrogen-bond acceptors (Lipinski definition) is 5. The summed E-state index contributed by atoms with van der Waals surface area (Å²) in [4.78, 5) is 20.1. The number of amides is 1. The van der Waals surface area contributed by atoms with Gasteiger partial charge in [0.15, 0.2) is 6.61 Å². The lowest BCUT2D eigenvalue weighted by molar-refractivity contribution is -0.123. The predicted octanol–water partition coefficient (Wildman–Crippen LogP) is 1.84. The molecule has 0 aliphatic carbocycles. The quantitative estimate of drug-likeness (QED) is 0.711. The number of aryl methyl sites for hydroxylation is 1. The summed E-state index contributed by atoms with van der Waals surface area (Å²) in [7, 11) is 0. The average molecular weight is 337 g/mol. The van der Waals surface area contributed by atoms with Crippen molar-refractivity contribution in [3.63, 3.8) is 0 Å². The van der Waals surface area contributed by atoms with E-state index in [0.717, 1.165) is 22.7 Å². The zero-order chi connectivity index (χ0) is 17.5. The first-order valence-corrected chi connectivity index (χ1v) is 7.97. The van der Waals surface area contributed by atoms with Crippen LogP contribution in [0.15, 0.2) is 55.1 Å². The van der Waals surface area contributed by atoms with Gasteiger partial charge in [0, 0.05) is 25.1 Å². The molecule has 0 unspecified atom stereocenters. The summed E-state index contributed by atoms with van der Waals surface area (Å²) in [6.07, 6.45) is 6.76. The third-order valence-corrected chi connectivity index (χ3v) is 3.58. The second-order valence-corrected chi connectivity index (χ2v) is 5.46. The van der Waals surface area contributed by atoms with Gasteiger partial charge in [-0.3, -0.25) is 19.4 Å². The molecule has 1 amide bonds. The molecular formula is C18H19N5O2. The van der Waals surface area contributed by atoms with Crippen LogP contribution in [0.2, 0.25) is 0 Å². The largest absolute Gasteiger partial charge is 0.484 e. The van der Waals surface area contributed by atoms with E-state index in [-0.39, 0.29) is 12.5 Å². The summed E-state index contributed by atoms with van der Waals surface area (Å²) in [5.74, 6) is 0.558. The minimum Gasteiger partial charge on any atom is -0.484 e. The van der Waals surface area contributed by atoms with E-state index in [1.54, 1.807) is 23.3 Å². The van der Waals surface area contributed by atoms with Crippen LogP contribution in [0.4, 0.5) is 0 Å². The van der Waals surface area contributed by atoms with Crippen LogP contribution in [0.5, 0.6) is 5.75 Å². The molecule has 0 spiro atoms. The van der Waals surface area contributed by atoms with E-state index in [2.05, 4.69) is 20.4 Å². The third kappa shape index (κ3) is 4.63. The van der Waals surface area contributed by atoms with Gasteiger partial charge in [-0.1, -0.05) is 18.2 Å². The maximum Gasteiger partial charge on any atom is 0.258 e. The van der Waals surface area contributed by atoms with Crippen LogP contribution in [-0.2, 0) is 11.3 Å². The Bertz CT molecular complexity index is 832. The predicted molar refractivity (Wildman–Crippen MR) is 92.9 cm³/mol. The van der Waals surface area contributed by atoms with Crippen molar-refractivity contribution < 1.29 is 9.53 Å². The highest BCUT2D eigenvalue weighted by Gasteiger charge is 2.06. The molecule has 0 aliphatic rings. The molecule has 7 nitrogen and oxygen atoms in total. The van der Waals surface area contributed by atoms with E-state index < -0.39 is 0 Å². The molecule has 2 aromatic heterocycles. The number of hydrogen-bond donors (Lipinski definition) is 1. The summed E-state index contributed by atoms with van der Waals surface area (Å²) in [6, 6.07) is 9.47. The van der Waals surface area contributed by atoms with Gasteiger partial charge in [0.05, 0.1) is 12.7 Å². The molecule has 1 N–H and O–H groups in total. The molecule has 1 aromatic carbocycles. The zero-order valence-corrected chi connectivity index (χ0v) is 13.9. The number of nitrogens with one attached hydrogen (secondary N) is 1. The molecule has 0 saturated heterocycles. The fraction of sp³-hybridized carbons (Fsp3) is 0.222. The molecule has 0 fully saturated rings. The average Bonchev–Trinajstić information content (AvgIpc) is 3.11. The summed E-state index contributed by atoms with van der Waals surface area (Å²) < 4.78 is 7.27. The Morgan fingerprint density at radius 2 is 2.08 bits per heavy atom. The first-order chi connectivity index (χ1) is 12.2. The first kappa shape index (κ1) is 16.6. The van der Waals surface area contributed by atoms with E-state index in [0.29, 0.717) is 13.1 Å². The van der Waals surface area contributed by atoms with Crippen molar-refractivity contribution in [1.29, 1.82) is 0 Å². The molecule has 0 saturated carbocycles. The Kier molecular flexibility index (Phi) is 5.36. The molecule has 25 heavy (non-hydrogen) atoms. The number of rotatable bonds is 7. The summed E-state index contributed by atoms with van der Waals surface area (Å²) in [5.41, 5.74) is 2.47. The van der Waals surface area contributed by atoms with Gasteiger partial charge in [0.1, 0.15) is 17.1 Å². The molecule has 128 valence electrons. The standard InChI is InChI=1S/C18H19N5O2/c1-14-4-2-3-5-17(14)25-13-18(24)21-9-11-23-10-6-15(22-23)16-12-19-7-8-20-16/h2-8,10,12H,9,11,13H2,1H3,(H,21,24). The van der Waals surface area contributed by atoms with E-state index in [9.17, 15) is 4.79 Å². The Balaban J connectivity index is 1.43. The highest BCUT2D eigenvalue weighted by atomic mass is 16.5. The maximum absolute atomic E-state index is 11.9. The second-order valence-electron chi connectivity index (χ2n) is 5.46. The Morgan fingerprint density at radius 3 is 2.88 bits per heavy atom. The molecule has 7 heteroatoms. The van der Waals surface area contributed by atoms with Crippen LogP contribution >= 0.6 is 0 Å². The number of benzene rings is 1. The van der Waals surface area contributed by atoms with Crippen molar-refractivity contribution in [2.24, 2.45) is 0 Å². The molecule has 0 bridgehead atoms. The van der Waals surface area contributed by atoms with Crippen LogP contribution in [0.25, 0.3) is 11.4 Å². The van der Waals surface area contributed by atoms with Crippen molar-refractivity contribution in [1.82, 2.24) is 25.1 Å². The normalized spacial score (nSPS) is 10.4. The molecule has 2 heterocycles. The highest BCUT2D eigenvalue weighted by Crippen LogP contribution is 2.15. The molecule has 0 atom stereocenters. The molecule has 0 aliphatic heterocycles. The SMILES string of the molecule is Cc1ccccc1OCC(=O)NCCn1ccc(-c2cnccn2)n1. The molecular weight excluding hydrogens is 318 g/mol. The lowest BCUT2D eigenvalue weighted by atomic mass is 10.2. The van der Waals surface area contributed by atoms with E-state index in [4.69, 9.17) is 4.74 Å². The minimum absolute atomic E-state index is 0.00514. The van der Waals surface area contributed by atoms with Gasteiger partial charge < -0.3 is 10.1 Å². The van der Waals surface area contributed by atoms with Gasteiger partial charge in [-0.15, -0.1) is 0 Å². The van der Waals surface area contributed by atoms with Crippen molar-refractivity contribution in [3.05, 3.63) is 60.7 Å². The van der Waals surface area contributed by atoms with Crippen LogP contribution in [0.1, 0.15) is 5.56 Å². The number of ether oxygens (including phenoxy) is 1. The van der Waals surface area contributed by atoms with Crippen molar-refractivity contribution >= 4 is 5.91 Å². The number of aromatic nitrogens is 4. The van der Waals surface area contributed by atoms with Gasteiger partial charge in [-0.05, 0) is 24.6 Å². The van der Waals surface area contributed by atoms with Crippen molar-refractivity contribution in [3.8, 4) is 17.1 Å². The summed E-state index contributed by atoms with van der Waals surface area (Å²) in [6.45, 7) is 2.97. The Labute approximate surface area is 145 Å². The fourth-order valence-electron chi connectivity index (χ4n) is 2.28. The third-order valence-electron chi connectivity index (χ3n) is 3.58. The summed E-state index contributed by atoms with van der Waals surface area (Å²) in [5, 5.41) is 7.23. The van der Waals surface area contributed by atoms with Crippen molar-refractivity contribution in [2.75, 3.05) is 13.2 Å². The van der Waals surface area contributed by atoms with Gasteiger partial charge in [0.2, 0.25) is 0 Å². The Morgan fingerprint density at radius 1 is 1.20 bits per heavy atom. The minimum atomic E-state index is -0.162. The number of carbonyl (C=O) groups is 1. The first-order valence-electron chi connectivity index (χ1n) is 7.97. The highest BCUT2D eigenvalue weighted by molar-refractivity contribution is 5.77. The van der Waals surface area contributed by atoms with Gasteiger partial charge >= 0.3 is 0 Å². The lowest BCUT2D eigenvalue weighted by Crippen LogP contribution is -2.31. The van der Waals surface area contributed by atoms with Gasteiger partial charge in [0.25, 0.3) is 5.91 Å². The lowest BCUT2D eigenvalue weighted by Gasteiger charge is -2.09. The number of para-hydroxylation sites is 1. The van der Waals surface area contributed by atoms with Crippen LogP contribution < -0.4 is 10.1 Å². The van der Waals surface area contributed by atoms with Gasteiger partial charge in [-0.2, -0.15) is 5.10 Å². The van der Waals surface area contributed by atoms with Gasteiger partial charge in [-0.25, -0.2) is 0 Å². The Hall–Kier alpha value is -3.22. The number of nitrogens with zero attached hydrogens (tertiary/aromatic N) is 4. The second kappa shape index (κ2) is 8.05. The van der Waals surface area contributed by atoms with Crippen LogP contribution in [-0.4, -0.2) is 38.8 Å². The van der Waals surface area contributed by atoms with Crippen LogP contribution in [0.3, 0.4) is 0 Å². The van der Waals surface area contributed by atoms with E-state index in [1.807, 2.05) is 43.5 Å². The smallest absolute Gasteiger partial charge is 0.258 e. The van der Waals surface area contributed by atoms with E-state index in [1.165, 1.54) is 0 Å². The van der Waals surface area contributed by atoms with Crippen LogP contribution in [0, 0.1) is 6.92 Å². The van der Waals surface area contributed by atoms with Crippen molar-refractivity contribution in [2.45, 2.75) is 13.5 Å². The maximum atomic E-state index is 11.9. The molecule has 0 radical (unpaired) electrons. The number of carbonyl (C=O) groups excluding carboxylic acids is 1. The fourth-order valence-corrected chi connectivity index (χ4v) is 2.28. The zero-order valence-electron chi connectivity index (χ0n) is 13.9. The topological polar surface area (TPSA) is 81.9 Å². The van der Waals surface area contributed by atoms with E-state index >= 15 is 0 Å². The summed E-state index contributed by atoms with van der Waals surface area (Å²) >= 11 is 0.